The molecule has 4 rings (SSSR count). The molecule has 0 saturated carbocycles. The molecule has 0 unspecified atom stereocenters. The fourth-order valence-corrected chi connectivity index (χ4v) is 9.14. The molecule has 2 nitrogen and oxygen atoms in total. The molecule has 2 saturated heterocycles. The Morgan fingerprint density at radius 1 is 0.774 bits per heavy atom. The van der Waals surface area contributed by atoms with E-state index in [-0.39, 0.29) is 15.8 Å². The first-order chi connectivity index (χ1) is 13.9. The van der Waals surface area contributed by atoms with Gasteiger partial charge in [0, 0.05) is 8.41 Å². The van der Waals surface area contributed by atoms with Crippen molar-refractivity contribution in [2.45, 2.75) is 44.4 Å². The summed E-state index contributed by atoms with van der Waals surface area (Å²) in [4.78, 5) is 0. The van der Waals surface area contributed by atoms with E-state index in [1.54, 1.807) is 14.2 Å². The zero-order valence-electron chi connectivity index (χ0n) is 17.1. The Hall–Kier alpha value is -0.862. The van der Waals surface area contributed by atoms with Gasteiger partial charge in [-0.2, -0.15) is 11.1 Å². The van der Waals surface area contributed by atoms with Crippen LogP contribution in [0.3, 0.4) is 0 Å². The monoisotopic (exact) mass is 536 g/mol. The van der Waals surface area contributed by atoms with Crippen molar-refractivity contribution in [3.8, 4) is 11.5 Å². The van der Waals surface area contributed by atoms with Gasteiger partial charge < -0.3 is 13.6 Å². The van der Waals surface area contributed by atoms with Crippen molar-refractivity contribution in [3.05, 3.63) is 48.5 Å². The van der Waals surface area contributed by atoms with E-state index in [2.05, 4.69) is 12.1 Å². The van der Waals surface area contributed by atoms with Crippen LogP contribution in [0.25, 0.3) is 0 Å². The number of hydrogen-bond acceptors (Lipinski definition) is 2. The minimum absolute atomic E-state index is 0. The molecule has 176 valence electrons. The number of methoxy groups -OCH3 is 2. The normalized spacial score (nSPS) is 16.8. The topological polar surface area (TPSA) is 18.5 Å². The van der Waals surface area contributed by atoms with Crippen LogP contribution >= 0.6 is 11.1 Å². The van der Waals surface area contributed by atoms with Crippen molar-refractivity contribution in [2.75, 3.05) is 14.2 Å². The molecule has 2 aliphatic rings. The van der Waals surface area contributed by atoms with E-state index in [4.69, 9.17) is 20.6 Å². The molecular weight excluding hydrogens is 507 g/mol. The number of rotatable bonds is 4. The van der Waals surface area contributed by atoms with Gasteiger partial charge in [0.1, 0.15) is 11.5 Å². The van der Waals surface area contributed by atoms with Gasteiger partial charge in [0.15, 0.2) is 7.38 Å². The fraction of sp³-hybridized carbons (Fsp3) is 0.429. The van der Waals surface area contributed by atoms with Gasteiger partial charge in [-0.05, 0) is 58.8 Å². The average Bonchev–Trinajstić information content (AvgIpc) is 2.71. The summed E-state index contributed by atoms with van der Waals surface area (Å²) in [7, 11) is -0.643. The first-order valence-corrected chi connectivity index (χ1v) is 15.8. The van der Waals surface area contributed by atoms with Crippen LogP contribution in [0.1, 0.15) is 20.3 Å². The fourth-order valence-electron chi connectivity index (χ4n) is 3.33. The van der Waals surface area contributed by atoms with Gasteiger partial charge >= 0.3 is 23.0 Å². The summed E-state index contributed by atoms with van der Waals surface area (Å²) in [6, 6.07) is 19.8. The summed E-state index contributed by atoms with van der Waals surface area (Å²) in [6.07, 6.45) is 2.37. The Morgan fingerprint density at radius 3 is 1.39 bits per heavy atom. The molecule has 0 amide bonds. The zero-order chi connectivity index (χ0) is 21.3. The molecule has 0 aliphatic carbocycles. The third-order valence-electron chi connectivity index (χ3n) is 5.51. The third-order valence-corrected chi connectivity index (χ3v) is 14.6. The molecule has 0 aromatic heterocycles. The molecule has 2 aromatic rings. The maximum atomic E-state index is 14.0. The van der Waals surface area contributed by atoms with Crippen molar-refractivity contribution in [2.24, 2.45) is 0 Å². The van der Waals surface area contributed by atoms with E-state index in [0.29, 0.717) is 0 Å². The van der Waals surface area contributed by atoms with E-state index >= 15 is 0 Å². The molecule has 10 heteroatoms. The summed E-state index contributed by atoms with van der Waals surface area (Å²) in [5, 5.41) is 2.29. The number of hydrogen-bond donors (Lipinski definition) is 0. The van der Waals surface area contributed by atoms with Gasteiger partial charge in [0.05, 0.1) is 14.2 Å². The molecule has 31 heavy (non-hydrogen) atoms. The second-order valence-corrected chi connectivity index (χ2v) is 16.5. The third kappa shape index (κ3) is 8.21. The van der Waals surface area contributed by atoms with Crippen molar-refractivity contribution in [3.63, 3.8) is 0 Å². The second-order valence-electron chi connectivity index (χ2n) is 7.14. The van der Waals surface area contributed by atoms with Crippen molar-refractivity contribution in [1.29, 1.82) is 0 Å². The van der Waals surface area contributed by atoms with E-state index in [1.165, 1.54) is 23.7 Å². The standard InChI is InChI=1S/C10H13ClOSi.C10H13FOSi.CH4.B.Cu.2FH/c2*1-12-9-3-5-10(6-4-9)13(11)7-2-8-13;;;;;/h2*3-6H,2,7-8H2,1H3;1H4;;;2*1H/q;;;;+2;;/p-2. The Morgan fingerprint density at radius 2 is 1.13 bits per heavy atom. The van der Waals surface area contributed by atoms with Crippen LogP contribution in [-0.4, -0.2) is 38.4 Å². The molecule has 2 aliphatic heterocycles. The van der Waals surface area contributed by atoms with E-state index in [9.17, 15) is 11.2 Å². The minimum atomic E-state index is -2.46. The average molecular weight is 537 g/mol. The molecule has 2 heterocycles. The van der Waals surface area contributed by atoms with Gasteiger partial charge in [-0.3, -0.25) is 0 Å². The molecular formula is C21H30BClCuF3O2Si2. The Kier molecular flexibility index (Phi) is 13.9. The van der Waals surface area contributed by atoms with Crippen LogP contribution in [0.4, 0.5) is 11.2 Å². The van der Waals surface area contributed by atoms with Gasteiger partial charge in [0.25, 0.3) is 8.41 Å². The Balaban J connectivity index is 0.000000488. The van der Waals surface area contributed by atoms with Crippen LogP contribution in [0.15, 0.2) is 48.5 Å². The van der Waals surface area contributed by atoms with E-state index in [0.717, 1.165) is 35.2 Å². The van der Waals surface area contributed by atoms with Crippen LogP contribution < -0.4 is 19.8 Å². The molecule has 0 spiro atoms. The molecule has 0 bridgehead atoms. The summed E-state index contributed by atoms with van der Waals surface area (Å²) in [5.74, 6) is 1.72. The predicted octanol–water partition coefficient (Wildman–Crippen LogP) is 5.80. The molecule has 2 aromatic carbocycles. The van der Waals surface area contributed by atoms with Gasteiger partial charge in [-0.15, -0.1) is 0 Å². The quantitative estimate of drug-likeness (QED) is 0.363. The number of benzene rings is 2. The summed E-state index contributed by atoms with van der Waals surface area (Å²) in [5.41, 5.74) is 0. The van der Waals surface area contributed by atoms with Crippen molar-refractivity contribution >= 4 is 45.7 Å². The Labute approximate surface area is 200 Å². The van der Waals surface area contributed by atoms with E-state index in [1.807, 2.05) is 36.4 Å². The first-order valence-electron chi connectivity index (χ1n) is 9.39. The second kappa shape index (κ2) is 14.3. The molecule has 2 fully saturated rings. The summed E-state index contributed by atoms with van der Waals surface area (Å²) >= 11 is 5.34. The molecule has 0 atom stereocenters. The maximum absolute atomic E-state index is 14.0. The van der Waals surface area contributed by atoms with Crippen LogP contribution in [-0.2, 0) is 15.9 Å². The van der Waals surface area contributed by atoms with Crippen molar-refractivity contribution < 1.29 is 36.6 Å². The van der Waals surface area contributed by atoms with E-state index < -0.39 is 31.7 Å². The first kappa shape index (κ1) is 30.1. The van der Waals surface area contributed by atoms with Gasteiger partial charge in [-0.1, -0.05) is 44.5 Å². The Bertz CT molecular complexity index is 686. The number of halogens is 4. The molecule has 3 radical (unpaired) electrons. The van der Waals surface area contributed by atoms with Crippen LogP contribution in [0, 0.1) is 0 Å². The van der Waals surface area contributed by atoms with Crippen molar-refractivity contribution in [1.82, 2.24) is 0 Å². The number of ether oxygens (including phenoxy) is 2. The van der Waals surface area contributed by atoms with Crippen LogP contribution in [0.2, 0.25) is 24.2 Å². The molecule has 0 N–H and O–H groups in total. The van der Waals surface area contributed by atoms with Crippen LogP contribution in [0.5, 0.6) is 11.5 Å². The SMILES string of the molecule is C.COc1ccc([Si]2(Cl)CCC2)cc1.COc1ccc([Si]2(F)CCC2)cc1.[B].[F][Cu][F]. The van der Waals surface area contributed by atoms with Gasteiger partial charge in [0.2, 0.25) is 0 Å². The summed E-state index contributed by atoms with van der Waals surface area (Å²) in [6.45, 7) is 0. The van der Waals surface area contributed by atoms with Gasteiger partial charge in [-0.25, -0.2) is 0 Å². The predicted molar refractivity (Wildman–Crippen MR) is 127 cm³/mol. The zero-order valence-corrected chi connectivity index (χ0v) is 20.8. The summed E-state index contributed by atoms with van der Waals surface area (Å²) < 4.78 is 43.2.